The lowest BCUT2D eigenvalue weighted by atomic mass is 10.2. The van der Waals surface area contributed by atoms with Crippen molar-refractivity contribution in [2.24, 2.45) is 5.73 Å². The van der Waals surface area contributed by atoms with Crippen molar-refractivity contribution in [3.8, 4) is 0 Å². The fraction of sp³-hybridized carbons (Fsp3) is 0.0833. The third-order valence-corrected chi connectivity index (χ3v) is 2.57. The first-order chi connectivity index (χ1) is 9.16. The van der Waals surface area contributed by atoms with E-state index in [1.165, 1.54) is 6.20 Å². The fourth-order valence-corrected chi connectivity index (χ4v) is 1.48. The summed E-state index contributed by atoms with van der Waals surface area (Å²) in [6, 6.07) is 6.76. The molecule has 3 N–H and O–H groups in total. The smallest absolute Gasteiger partial charge is 0.270 e. The molecule has 19 heavy (non-hydrogen) atoms. The summed E-state index contributed by atoms with van der Waals surface area (Å²) in [7, 11) is 0. The number of hydrogen-bond donors (Lipinski definition) is 2. The molecule has 0 fully saturated rings. The molecule has 96 valence electrons. The van der Waals surface area contributed by atoms with Crippen LogP contribution in [0, 0.1) is 0 Å². The Hall–Kier alpha value is -2.41. The van der Waals surface area contributed by atoms with E-state index in [0.717, 1.165) is 0 Å². The van der Waals surface area contributed by atoms with Gasteiger partial charge in [-0.2, -0.15) is 10.2 Å². The number of nitrogens with two attached hydrogens (primary N) is 1. The van der Waals surface area contributed by atoms with Gasteiger partial charge < -0.3 is 11.1 Å². The summed E-state index contributed by atoms with van der Waals surface area (Å²) in [4.78, 5) is 16.1. The third-order valence-electron chi connectivity index (χ3n) is 2.34. The SMILES string of the molecule is NC(=S)c1ccc(C(=O)NCc2cccnn2)nc1. The minimum atomic E-state index is -0.292. The molecule has 7 heteroatoms. The monoisotopic (exact) mass is 273 g/mol. The topological polar surface area (TPSA) is 93.8 Å². The van der Waals surface area contributed by atoms with Gasteiger partial charge in [0.25, 0.3) is 5.91 Å². The lowest BCUT2D eigenvalue weighted by Crippen LogP contribution is -2.24. The number of pyridine rings is 1. The van der Waals surface area contributed by atoms with Crippen molar-refractivity contribution < 1.29 is 4.79 Å². The highest BCUT2D eigenvalue weighted by Gasteiger charge is 2.07. The number of rotatable bonds is 4. The second-order valence-corrected chi connectivity index (χ2v) is 4.13. The van der Waals surface area contributed by atoms with Crippen molar-refractivity contribution in [3.63, 3.8) is 0 Å². The number of thiocarbonyl (C=S) groups is 1. The van der Waals surface area contributed by atoms with E-state index in [4.69, 9.17) is 18.0 Å². The highest BCUT2D eigenvalue weighted by molar-refractivity contribution is 7.80. The Morgan fingerprint density at radius 2 is 2.21 bits per heavy atom. The standard InChI is InChI=1S/C12H11N5OS/c13-11(19)8-3-4-10(14-6-8)12(18)15-7-9-2-1-5-16-17-9/h1-6H,7H2,(H2,13,19)(H,15,18). The molecule has 0 radical (unpaired) electrons. The minimum Gasteiger partial charge on any atom is -0.389 e. The number of carbonyl (C=O) groups excluding carboxylic acids is 1. The van der Waals surface area contributed by atoms with E-state index >= 15 is 0 Å². The predicted octanol–water partition coefficient (Wildman–Crippen LogP) is 0.436. The van der Waals surface area contributed by atoms with Crippen molar-refractivity contribution in [3.05, 3.63) is 53.6 Å². The molecular formula is C12H11N5OS. The van der Waals surface area contributed by atoms with Gasteiger partial charge in [-0.1, -0.05) is 12.2 Å². The van der Waals surface area contributed by atoms with E-state index in [2.05, 4.69) is 20.5 Å². The minimum absolute atomic E-state index is 0.249. The van der Waals surface area contributed by atoms with Gasteiger partial charge in [0.2, 0.25) is 0 Å². The van der Waals surface area contributed by atoms with Gasteiger partial charge in [-0.05, 0) is 24.3 Å². The van der Waals surface area contributed by atoms with Gasteiger partial charge in [0.15, 0.2) is 0 Å². The molecule has 0 aliphatic carbocycles. The van der Waals surface area contributed by atoms with Crippen molar-refractivity contribution in [2.45, 2.75) is 6.54 Å². The van der Waals surface area contributed by atoms with Crippen molar-refractivity contribution >= 4 is 23.1 Å². The van der Waals surface area contributed by atoms with Crippen molar-refractivity contribution in [2.75, 3.05) is 0 Å². The van der Waals surface area contributed by atoms with Crippen LogP contribution < -0.4 is 11.1 Å². The van der Waals surface area contributed by atoms with Crippen LogP contribution >= 0.6 is 12.2 Å². The first-order valence-electron chi connectivity index (χ1n) is 5.47. The van der Waals surface area contributed by atoms with E-state index < -0.39 is 0 Å². The Kier molecular flexibility index (Phi) is 4.09. The quantitative estimate of drug-likeness (QED) is 0.785. The average molecular weight is 273 g/mol. The van der Waals surface area contributed by atoms with Gasteiger partial charge in [0, 0.05) is 18.0 Å². The van der Waals surface area contributed by atoms with Gasteiger partial charge in [-0.15, -0.1) is 0 Å². The number of carbonyl (C=O) groups is 1. The first kappa shape index (κ1) is 13.0. The second-order valence-electron chi connectivity index (χ2n) is 3.69. The summed E-state index contributed by atoms with van der Waals surface area (Å²) in [5.74, 6) is -0.292. The largest absolute Gasteiger partial charge is 0.389 e. The Balaban J connectivity index is 1.98. The normalized spacial score (nSPS) is 9.89. The zero-order valence-electron chi connectivity index (χ0n) is 9.91. The highest BCUT2D eigenvalue weighted by atomic mass is 32.1. The molecule has 0 atom stereocenters. The van der Waals surface area contributed by atoms with Crippen LogP contribution in [0.25, 0.3) is 0 Å². The molecule has 0 aliphatic rings. The van der Waals surface area contributed by atoms with Crippen molar-refractivity contribution in [1.82, 2.24) is 20.5 Å². The molecule has 6 nitrogen and oxygen atoms in total. The zero-order valence-corrected chi connectivity index (χ0v) is 10.7. The lowest BCUT2D eigenvalue weighted by Gasteiger charge is -2.04. The Morgan fingerprint density at radius 1 is 1.37 bits per heavy atom. The fourth-order valence-electron chi connectivity index (χ4n) is 1.36. The van der Waals surface area contributed by atoms with E-state index in [0.29, 0.717) is 23.5 Å². The predicted molar refractivity (Wildman–Crippen MR) is 73.3 cm³/mol. The van der Waals surface area contributed by atoms with Gasteiger partial charge in [0.05, 0.1) is 12.2 Å². The average Bonchev–Trinajstić information content (AvgIpc) is 2.46. The number of amides is 1. The maximum absolute atomic E-state index is 11.8. The van der Waals surface area contributed by atoms with Crippen LogP contribution in [0.15, 0.2) is 36.7 Å². The van der Waals surface area contributed by atoms with Crippen molar-refractivity contribution in [1.29, 1.82) is 0 Å². The van der Waals surface area contributed by atoms with Crippen LogP contribution in [0.1, 0.15) is 21.7 Å². The Bertz CT molecular complexity index is 585. The third kappa shape index (κ3) is 3.52. The Labute approximate surface area is 115 Å². The molecule has 2 heterocycles. The molecule has 2 rings (SSSR count). The van der Waals surface area contributed by atoms with E-state index in [9.17, 15) is 4.79 Å². The first-order valence-corrected chi connectivity index (χ1v) is 5.88. The number of aromatic nitrogens is 3. The lowest BCUT2D eigenvalue weighted by molar-refractivity contribution is 0.0945. The highest BCUT2D eigenvalue weighted by Crippen LogP contribution is 2.01. The summed E-state index contributed by atoms with van der Waals surface area (Å²) < 4.78 is 0. The Morgan fingerprint density at radius 3 is 2.79 bits per heavy atom. The molecule has 2 aromatic heterocycles. The molecule has 0 aliphatic heterocycles. The molecule has 0 saturated heterocycles. The second kappa shape index (κ2) is 5.96. The molecular weight excluding hydrogens is 262 g/mol. The summed E-state index contributed by atoms with van der Waals surface area (Å²) in [6.45, 7) is 0.297. The van der Waals surface area contributed by atoms with Crippen LogP contribution in [0.4, 0.5) is 0 Å². The summed E-state index contributed by atoms with van der Waals surface area (Å²) in [5.41, 5.74) is 7.05. The molecule has 0 aromatic carbocycles. The van der Waals surface area contributed by atoms with Crippen LogP contribution in [0.5, 0.6) is 0 Å². The van der Waals surface area contributed by atoms with Crippen LogP contribution in [0.2, 0.25) is 0 Å². The van der Waals surface area contributed by atoms with Gasteiger partial charge >= 0.3 is 0 Å². The van der Waals surface area contributed by atoms with E-state index in [1.54, 1.807) is 30.5 Å². The van der Waals surface area contributed by atoms with Crippen LogP contribution in [-0.2, 0) is 6.54 Å². The van der Waals surface area contributed by atoms with Gasteiger partial charge in [-0.25, -0.2) is 0 Å². The maximum Gasteiger partial charge on any atom is 0.270 e. The molecule has 0 unspecified atom stereocenters. The molecule has 0 saturated carbocycles. The summed E-state index contributed by atoms with van der Waals surface area (Å²) >= 11 is 4.81. The van der Waals surface area contributed by atoms with Gasteiger partial charge in [-0.3, -0.25) is 9.78 Å². The maximum atomic E-state index is 11.8. The zero-order chi connectivity index (χ0) is 13.7. The van der Waals surface area contributed by atoms with E-state index in [-0.39, 0.29) is 10.9 Å². The molecule has 2 aromatic rings. The molecule has 0 bridgehead atoms. The number of hydrogen-bond acceptors (Lipinski definition) is 5. The molecule has 0 spiro atoms. The summed E-state index contributed by atoms with van der Waals surface area (Å²) in [5, 5.41) is 10.3. The van der Waals surface area contributed by atoms with E-state index in [1.807, 2.05) is 0 Å². The van der Waals surface area contributed by atoms with Crippen LogP contribution in [0.3, 0.4) is 0 Å². The van der Waals surface area contributed by atoms with Gasteiger partial charge in [0.1, 0.15) is 10.7 Å². The number of nitrogens with zero attached hydrogens (tertiary/aromatic N) is 3. The van der Waals surface area contributed by atoms with Crippen LogP contribution in [-0.4, -0.2) is 26.1 Å². The molecule has 1 amide bonds. The number of nitrogens with one attached hydrogen (secondary N) is 1. The summed E-state index contributed by atoms with van der Waals surface area (Å²) in [6.07, 6.45) is 3.04.